The van der Waals surface area contributed by atoms with E-state index in [2.05, 4.69) is 10.6 Å². The van der Waals surface area contributed by atoms with Gasteiger partial charge in [0.15, 0.2) is 0 Å². The SMILES string of the molecule is O=C1CN(c2ccc(C(=O)N[C@H]3COCC[C@H]3OCCO)cc2)C(=O)N1. The minimum atomic E-state index is -0.476. The van der Waals surface area contributed by atoms with Crippen LogP contribution in [0, 0.1) is 0 Å². The van der Waals surface area contributed by atoms with Crippen LogP contribution in [0.4, 0.5) is 10.5 Å². The van der Waals surface area contributed by atoms with Crippen molar-refractivity contribution in [2.24, 2.45) is 0 Å². The van der Waals surface area contributed by atoms with Crippen LogP contribution in [0.5, 0.6) is 0 Å². The summed E-state index contributed by atoms with van der Waals surface area (Å²) in [7, 11) is 0. The first kappa shape index (κ1) is 18.3. The smallest absolute Gasteiger partial charge is 0.329 e. The Labute approximate surface area is 150 Å². The van der Waals surface area contributed by atoms with Gasteiger partial charge in [-0.3, -0.25) is 19.8 Å². The average Bonchev–Trinajstić information content (AvgIpc) is 2.99. The predicted octanol–water partition coefficient (Wildman–Crippen LogP) is -0.361. The van der Waals surface area contributed by atoms with Gasteiger partial charge in [0, 0.05) is 17.9 Å². The highest BCUT2D eigenvalue weighted by molar-refractivity contribution is 6.12. The van der Waals surface area contributed by atoms with Gasteiger partial charge in [-0.1, -0.05) is 0 Å². The van der Waals surface area contributed by atoms with Crippen molar-refractivity contribution in [3.63, 3.8) is 0 Å². The molecule has 3 rings (SSSR count). The predicted molar refractivity (Wildman–Crippen MR) is 90.8 cm³/mol. The highest BCUT2D eigenvalue weighted by Gasteiger charge is 2.29. The maximum absolute atomic E-state index is 12.5. The lowest BCUT2D eigenvalue weighted by Crippen LogP contribution is -2.50. The lowest BCUT2D eigenvalue weighted by molar-refractivity contribution is -0.117. The summed E-state index contributed by atoms with van der Waals surface area (Å²) in [6, 6.07) is 5.64. The zero-order valence-corrected chi connectivity index (χ0v) is 14.1. The van der Waals surface area contributed by atoms with Gasteiger partial charge in [0.05, 0.1) is 32.0 Å². The van der Waals surface area contributed by atoms with Crippen LogP contribution in [-0.2, 0) is 14.3 Å². The zero-order valence-electron chi connectivity index (χ0n) is 14.1. The highest BCUT2D eigenvalue weighted by atomic mass is 16.5. The van der Waals surface area contributed by atoms with Crippen LogP contribution in [0.25, 0.3) is 0 Å². The van der Waals surface area contributed by atoms with Crippen molar-refractivity contribution < 1.29 is 29.0 Å². The van der Waals surface area contributed by atoms with Crippen molar-refractivity contribution in [2.75, 3.05) is 37.9 Å². The largest absolute Gasteiger partial charge is 0.394 e. The summed E-state index contributed by atoms with van der Waals surface area (Å²) in [4.78, 5) is 36.7. The Bertz CT molecular complexity index is 678. The molecule has 2 saturated heterocycles. The summed E-state index contributed by atoms with van der Waals surface area (Å²) >= 11 is 0. The van der Waals surface area contributed by atoms with Gasteiger partial charge in [-0.05, 0) is 30.7 Å². The second kappa shape index (κ2) is 8.26. The lowest BCUT2D eigenvalue weighted by atomic mass is 10.1. The summed E-state index contributed by atoms with van der Waals surface area (Å²) < 4.78 is 11.0. The number of nitrogens with one attached hydrogen (secondary N) is 2. The highest BCUT2D eigenvalue weighted by Crippen LogP contribution is 2.18. The van der Waals surface area contributed by atoms with Crippen molar-refractivity contribution in [1.29, 1.82) is 0 Å². The molecule has 0 spiro atoms. The van der Waals surface area contributed by atoms with E-state index in [0.29, 0.717) is 30.9 Å². The van der Waals surface area contributed by atoms with Crippen LogP contribution >= 0.6 is 0 Å². The van der Waals surface area contributed by atoms with Gasteiger partial charge in [0.2, 0.25) is 5.91 Å². The number of urea groups is 1. The second-order valence-corrected chi connectivity index (χ2v) is 6.06. The fourth-order valence-electron chi connectivity index (χ4n) is 2.95. The van der Waals surface area contributed by atoms with Crippen molar-refractivity contribution in [3.8, 4) is 0 Å². The molecular weight excluding hydrogens is 342 g/mol. The number of ether oxygens (including phenoxy) is 2. The molecule has 9 nitrogen and oxygen atoms in total. The molecule has 2 heterocycles. The molecule has 2 aliphatic rings. The van der Waals surface area contributed by atoms with Gasteiger partial charge in [-0.25, -0.2) is 4.79 Å². The molecule has 4 amide bonds. The summed E-state index contributed by atoms with van der Waals surface area (Å²) in [5.74, 6) is -0.644. The zero-order chi connectivity index (χ0) is 18.5. The van der Waals surface area contributed by atoms with Gasteiger partial charge < -0.3 is 19.9 Å². The van der Waals surface area contributed by atoms with Gasteiger partial charge in [0.1, 0.15) is 6.54 Å². The number of aliphatic hydroxyl groups is 1. The molecule has 140 valence electrons. The Morgan fingerprint density at radius 3 is 2.77 bits per heavy atom. The number of hydrogen-bond acceptors (Lipinski definition) is 6. The molecule has 0 radical (unpaired) electrons. The molecule has 3 N–H and O–H groups in total. The van der Waals surface area contributed by atoms with E-state index in [0.717, 1.165) is 0 Å². The van der Waals surface area contributed by atoms with Gasteiger partial charge in [0.25, 0.3) is 5.91 Å². The van der Waals surface area contributed by atoms with Gasteiger partial charge >= 0.3 is 6.03 Å². The molecule has 0 bridgehead atoms. The molecule has 0 unspecified atom stereocenters. The fourth-order valence-corrected chi connectivity index (χ4v) is 2.95. The Morgan fingerprint density at radius 2 is 2.12 bits per heavy atom. The van der Waals surface area contributed by atoms with Crippen LogP contribution in [0.1, 0.15) is 16.8 Å². The molecule has 2 aliphatic heterocycles. The summed E-state index contributed by atoms with van der Waals surface area (Å²) in [5, 5.41) is 14.0. The van der Waals surface area contributed by atoms with Crippen LogP contribution in [0.15, 0.2) is 24.3 Å². The normalized spacial score (nSPS) is 23.0. The van der Waals surface area contributed by atoms with E-state index in [1.165, 1.54) is 4.90 Å². The quantitative estimate of drug-likeness (QED) is 0.594. The van der Waals surface area contributed by atoms with Gasteiger partial charge in [-0.2, -0.15) is 0 Å². The Kier molecular flexibility index (Phi) is 5.82. The number of carbonyl (C=O) groups excluding carboxylic acids is 3. The third kappa shape index (κ3) is 4.18. The maximum Gasteiger partial charge on any atom is 0.329 e. The van der Waals surface area contributed by atoms with Crippen LogP contribution in [0.3, 0.4) is 0 Å². The van der Waals surface area contributed by atoms with Crippen molar-refractivity contribution in [3.05, 3.63) is 29.8 Å². The van der Waals surface area contributed by atoms with E-state index in [9.17, 15) is 14.4 Å². The third-order valence-corrected chi connectivity index (χ3v) is 4.27. The average molecular weight is 363 g/mol. The number of carbonyl (C=O) groups is 3. The first-order chi connectivity index (χ1) is 12.6. The van der Waals surface area contributed by atoms with E-state index >= 15 is 0 Å². The van der Waals surface area contributed by atoms with E-state index in [-0.39, 0.29) is 43.7 Å². The molecule has 0 aromatic heterocycles. The molecule has 1 aromatic carbocycles. The van der Waals surface area contributed by atoms with E-state index < -0.39 is 6.03 Å². The number of aliphatic hydroxyl groups excluding tert-OH is 1. The maximum atomic E-state index is 12.5. The standard InChI is InChI=1S/C17H21N3O6/c21-6-8-26-14-5-7-25-10-13(14)18-16(23)11-1-3-12(4-2-11)20-9-15(22)19-17(20)24/h1-4,13-14,21H,5-10H2,(H,18,23)(H,19,22,24)/t13-,14+/m0/s1. The number of hydrogen-bond donors (Lipinski definition) is 3. The monoisotopic (exact) mass is 363 g/mol. The van der Waals surface area contributed by atoms with E-state index in [4.69, 9.17) is 14.6 Å². The molecule has 2 fully saturated rings. The topological polar surface area (TPSA) is 117 Å². The van der Waals surface area contributed by atoms with Crippen molar-refractivity contribution in [2.45, 2.75) is 18.6 Å². The number of imide groups is 1. The lowest BCUT2D eigenvalue weighted by Gasteiger charge is -2.32. The minimum absolute atomic E-state index is 0.0341. The molecule has 26 heavy (non-hydrogen) atoms. The first-order valence-electron chi connectivity index (χ1n) is 8.41. The van der Waals surface area contributed by atoms with Crippen LogP contribution in [-0.4, -0.2) is 68.1 Å². The Hall–Kier alpha value is -2.49. The van der Waals surface area contributed by atoms with Gasteiger partial charge in [-0.15, -0.1) is 0 Å². The molecule has 1 aromatic rings. The molecule has 0 saturated carbocycles. The summed E-state index contributed by atoms with van der Waals surface area (Å²) in [6.07, 6.45) is 0.431. The summed E-state index contributed by atoms with van der Waals surface area (Å²) in [6.45, 7) is 0.992. The van der Waals surface area contributed by atoms with Crippen LogP contribution < -0.4 is 15.5 Å². The summed E-state index contributed by atoms with van der Waals surface area (Å²) in [5.41, 5.74) is 0.959. The molecule has 9 heteroatoms. The Balaban J connectivity index is 1.62. The Morgan fingerprint density at radius 1 is 1.35 bits per heavy atom. The molecular formula is C17H21N3O6. The number of amides is 4. The molecule has 0 aliphatic carbocycles. The number of benzene rings is 1. The third-order valence-electron chi connectivity index (χ3n) is 4.27. The van der Waals surface area contributed by atoms with Crippen molar-refractivity contribution >= 4 is 23.5 Å². The molecule has 2 atom stereocenters. The minimum Gasteiger partial charge on any atom is -0.394 e. The van der Waals surface area contributed by atoms with E-state index in [1.54, 1.807) is 24.3 Å². The van der Waals surface area contributed by atoms with E-state index in [1.807, 2.05) is 0 Å². The van der Waals surface area contributed by atoms with Crippen molar-refractivity contribution in [1.82, 2.24) is 10.6 Å². The number of rotatable bonds is 6. The second-order valence-electron chi connectivity index (χ2n) is 6.06. The number of anilines is 1. The first-order valence-corrected chi connectivity index (χ1v) is 8.41. The van der Waals surface area contributed by atoms with Crippen LogP contribution in [0.2, 0.25) is 0 Å². The fraction of sp³-hybridized carbons (Fsp3) is 0.471. The number of nitrogens with zero attached hydrogens (tertiary/aromatic N) is 1.